The zero-order valence-corrected chi connectivity index (χ0v) is 9.74. The van der Waals surface area contributed by atoms with Gasteiger partial charge in [0.05, 0.1) is 5.69 Å². The van der Waals surface area contributed by atoms with Gasteiger partial charge in [-0.2, -0.15) is 5.26 Å². The van der Waals surface area contributed by atoms with Crippen LogP contribution in [-0.2, 0) is 0 Å². The first kappa shape index (κ1) is 11.9. The number of hydrogen-bond acceptors (Lipinski definition) is 4. The summed E-state index contributed by atoms with van der Waals surface area (Å²) in [6.07, 6.45) is 0. The Morgan fingerprint density at radius 3 is 2.78 bits per heavy atom. The number of benzene rings is 1. The van der Waals surface area contributed by atoms with E-state index in [1.165, 1.54) is 6.07 Å². The van der Waals surface area contributed by atoms with Gasteiger partial charge in [0, 0.05) is 5.69 Å². The molecule has 0 aliphatic rings. The average molecular weight is 242 g/mol. The molecule has 18 heavy (non-hydrogen) atoms. The first-order valence-electron chi connectivity index (χ1n) is 5.30. The number of nitriles is 1. The SMILES string of the molecule is Cc1cc(Nc2ccc(N)c(C#N)n2)ccc1F. The van der Waals surface area contributed by atoms with Gasteiger partial charge < -0.3 is 11.1 Å². The molecule has 90 valence electrons. The van der Waals surface area contributed by atoms with Gasteiger partial charge in [-0.1, -0.05) is 0 Å². The molecule has 0 atom stereocenters. The van der Waals surface area contributed by atoms with Crippen LogP contribution < -0.4 is 11.1 Å². The van der Waals surface area contributed by atoms with E-state index in [9.17, 15) is 4.39 Å². The molecule has 0 spiro atoms. The summed E-state index contributed by atoms with van der Waals surface area (Å²) in [6.45, 7) is 1.68. The second kappa shape index (κ2) is 4.72. The van der Waals surface area contributed by atoms with Gasteiger partial charge in [-0.05, 0) is 42.8 Å². The van der Waals surface area contributed by atoms with Crippen molar-refractivity contribution in [2.45, 2.75) is 6.92 Å². The molecule has 0 saturated heterocycles. The van der Waals surface area contributed by atoms with Crippen LogP contribution >= 0.6 is 0 Å². The van der Waals surface area contributed by atoms with Gasteiger partial charge in [0.1, 0.15) is 17.7 Å². The Balaban J connectivity index is 2.29. The zero-order chi connectivity index (χ0) is 13.1. The smallest absolute Gasteiger partial charge is 0.165 e. The molecule has 3 N–H and O–H groups in total. The summed E-state index contributed by atoms with van der Waals surface area (Å²) < 4.78 is 13.1. The van der Waals surface area contributed by atoms with Crippen LogP contribution in [0.25, 0.3) is 0 Å². The summed E-state index contributed by atoms with van der Waals surface area (Å²) in [5.74, 6) is 0.232. The van der Waals surface area contributed by atoms with E-state index in [4.69, 9.17) is 11.0 Å². The molecule has 1 heterocycles. The molecular weight excluding hydrogens is 231 g/mol. The highest BCUT2D eigenvalue weighted by molar-refractivity contribution is 5.61. The van der Waals surface area contributed by atoms with Crippen LogP contribution in [0.4, 0.5) is 21.6 Å². The molecule has 0 aliphatic heterocycles. The highest BCUT2D eigenvalue weighted by atomic mass is 19.1. The second-order valence-corrected chi connectivity index (χ2v) is 3.84. The standard InChI is InChI=1S/C13H11FN4/c1-8-6-9(2-3-10(8)14)17-13-5-4-11(16)12(7-15)18-13/h2-6H,16H2,1H3,(H,17,18). The molecule has 1 aromatic heterocycles. The van der Waals surface area contributed by atoms with Gasteiger partial charge in [0.2, 0.25) is 0 Å². The van der Waals surface area contributed by atoms with Crippen LogP contribution in [0.2, 0.25) is 0 Å². The van der Waals surface area contributed by atoms with Crippen molar-refractivity contribution in [3.05, 3.63) is 47.4 Å². The minimum absolute atomic E-state index is 0.166. The van der Waals surface area contributed by atoms with Crippen molar-refractivity contribution in [1.29, 1.82) is 5.26 Å². The van der Waals surface area contributed by atoms with Gasteiger partial charge >= 0.3 is 0 Å². The van der Waals surface area contributed by atoms with Crippen LogP contribution in [-0.4, -0.2) is 4.98 Å². The number of nitrogens with zero attached hydrogens (tertiary/aromatic N) is 2. The highest BCUT2D eigenvalue weighted by Crippen LogP contribution is 2.19. The van der Waals surface area contributed by atoms with Crippen LogP contribution in [0.15, 0.2) is 30.3 Å². The lowest BCUT2D eigenvalue weighted by atomic mass is 10.2. The molecule has 0 unspecified atom stereocenters. The number of halogens is 1. The molecule has 0 aliphatic carbocycles. The van der Waals surface area contributed by atoms with Crippen molar-refractivity contribution in [2.24, 2.45) is 0 Å². The van der Waals surface area contributed by atoms with Crippen molar-refractivity contribution < 1.29 is 4.39 Å². The summed E-state index contributed by atoms with van der Waals surface area (Å²) in [5, 5.41) is 11.8. The lowest BCUT2D eigenvalue weighted by Gasteiger charge is -2.07. The van der Waals surface area contributed by atoms with Crippen LogP contribution in [0, 0.1) is 24.1 Å². The Morgan fingerprint density at radius 2 is 2.11 bits per heavy atom. The number of nitrogens with two attached hydrogens (primary N) is 1. The Labute approximate surface area is 104 Å². The summed E-state index contributed by atoms with van der Waals surface area (Å²) in [5.41, 5.74) is 7.31. The first-order chi connectivity index (χ1) is 8.60. The van der Waals surface area contributed by atoms with Crippen LogP contribution in [0.5, 0.6) is 0 Å². The summed E-state index contributed by atoms with van der Waals surface area (Å²) in [6, 6.07) is 9.81. The lowest BCUT2D eigenvalue weighted by molar-refractivity contribution is 0.619. The van der Waals surface area contributed by atoms with E-state index in [-0.39, 0.29) is 11.5 Å². The third-order valence-electron chi connectivity index (χ3n) is 2.46. The Kier molecular flexibility index (Phi) is 3.11. The summed E-state index contributed by atoms with van der Waals surface area (Å²) in [7, 11) is 0. The van der Waals surface area contributed by atoms with E-state index in [1.807, 2.05) is 6.07 Å². The molecule has 1 aromatic carbocycles. The Hall–Kier alpha value is -2.61. The maximum absolute atomic E-state index is 13.1. The largest absolute Gasteiger partial charge is 0.396 e. The third-order valence-corrected chi connectivity index (χ3v) is 2.46. The van der Waals surface area contributed by atoms with Crippen LogP contribution in [0.3, 0.4) is 0 Å². The molecule has 0 fully saturated rings. The topological polar surface area (TPSA) is 74.7 Å². The van der Waals surface area contributed by atoms with Gasteiger partial charge in [-0.25, -0.2) is 9.37 Å². The van der Waals surface area contributed by atoms with E-state index in [2.05, 4.69) is 10.3 Å². The van der Waals surface area contributed by atoms with E-state index in [1.54, 1.807) is 31.2 Å². The molecule has 2 rings (SSSR count). The van der Waals surface area contributed by atoms with Gasteiger partial charge in [-0.15, -0.1) is 0 Å². The van der Waals surface area contributed by atoms with E-state index in [0.29, 0.717) is 22.8 Å². The zero-order valence-electron chi connectivity index (χ0n) is 9.74. The lowest BCUT2D eigenvalue weighted by Crippen LogP contribution is -1.99. The van der Waals surface area contributed by atoms with Crippen molar-refractivity contribution in [2.75, 3.05) is 11.1 Å². The summed E-state index contributed by atoms with van der Waals surface area (Å²) >= 11 is 0. The maximum atomic E-state index is 13.1. The molecule has 5 heteroatoms. The first-order valence-corrected chi connectivity index (χ1v) is 5.30. The Bertz CT molecular complexity index is 631. The van der Waals surface area contributed by atoms with Gasteiger partial charge in [-0.3, -0.25) is 0 Å². The summed E-state index contributed by atoms with van der Waals surface area (Å²) in [4.78, 5) is 4.05. The molecule has 0 amide bonds. The molecular formula is C13H11FN4. The van der Waals surface area contributed by atoms with Crippen molar-refractivity contribution in [1.82, 2.24) is 4.98 Å². The van der Waals surface area contributed by atoms with Gasteiger partial charge in [0.15, 0.2) is 5.69 Å². The number of nitrogens with one attached hydrogen (secondary N) is 1. The number of rotatable bonds is 2. The van der Waals surface area contributed by atoms with Gasteiger partial charge in [0.25, 0.3) is 0 Å². The molecule has 0 radical (unpaired) electrons. The fraction of sp³-hybridized carbons (Fsp3) is 0.0769. The number of hydrogen-bond donors (Lipinski definition) is 2. The highest BCUT2D eigenvalue weighted by Gasteiger charge is 2.03. The number of anilines is 3. The van der Waals surface area contributed by atoms with Crippen molar-refractivity contribution in [3.63, 3.8) is 0 Å². The maximum Gasteiger partial charge on any atom is 0.165 e. The van der Waals surface area contributed by atoms with E-state index in [0.717, 1.165) is 0 Å². The Morgan fingerprint density at radius 1 is 1.33 bits per heavy atom. The molecule has 4 nitrogen and oxygen atoms in total. The van der Waals surface area contributed by atoms with Crippen LogP contribution in [0.1, 0.15) is 11.3 Å². The second-order valence-electron chi connectivity index (χ2n) is 3.84. The monoisotopic (exact) mass is 242 g/mol. The van der Waals surface area contributed by atoms with Crippen molar-refractivity contribution >= 4 is 17.2 Å². The number of aromatic nitrogens is 1. The van der Waals surface area contributed by atoms with E-state index < -0.39 is 0 Å². The predicted octanol–water partition coefficient (Wildman–Crippen LogP) is 2.73. The fourth-order valence-corrected chi connectivity index (χ4v) is 1.50. The van der Waals surface area contributed by atoms with E-state index >= 15 is 0 Å². The minimum Gasteiger partial charge on any atom is -0.396 e. The molecule has 2 aromatic rings. The predicted molar refractivity (Wildman–Crippen MR) is 67.8 cm³/mol. The minimum atomic E-state index is -0.261. The number of aryl methyl sites for hydroxylation is 1. The molecule has 0 bridgehead atoms. The quantitative estimate of drug-likeness (QED) is 0.849. The number of nitrogen functional groups attached to an aromatic ring is 1. The average Bonchev–Trinajstić information content (AvgIpc) is 2.36. The normalized spacial score (nSPS) is 9.83. The third kappa shape index (κ3) is 2.38. The van der Waals surface area contributed by atoms with Crippen molar-refractivity contribution in [3.8, 4) is 6.07 Å². The number of pyridine rings is 1. The fourth-order valence-electron chi connectivity index (χ4n) is 1.50. The molecule has 0 saturated carbocycles.